The first-order valence-corrected chi connectivity index (χ1v) is 7.21. The quantitative estimate of drug-likeness (QED) is 0.579. The summed E-state index contributed by atoms with van der Waals surface area (Å²) in [6.07, 6.45) is 1.83. The smallest absolute Gasteiger partial charge is 0.248 e. The number of benzene rings is 2. The van der Waals surface area contributed by atoms with Gasteiger partial charge in [-0.1, -0.05) is 35.5 Å². The molecule has 2 heterocycles. The molecule has 23 heavy (non-hydrogen) atoms. The molecule has 6 nitrogen and oxygen atoms in total. The van der Waals surface area contributed by atoms with E-state index >= 15 is 0 Å². The van der Waals surface area contributed by atoms with E-state index in [1.165, 1.54) is 0 Å². The highest BCUT2D eigenvalue weighted by atomic mass is 16.5. The van der Waals surface area contributed by atoms with E-state index < -0.39 is 0 Å². The number of hydrogen-bond donors (Lipinski definition) is 0. The number of fused-ring (bicyclic) bond motifs is 1. The van der Waals surface area contributed by atoms with E-state index in [1.54, 1.807) is 7.11 Å². The van der Waals surface area contributed by atoms with E-state index in [2.05, 4.69) is 15.2 Å². The Bertz CT molecular complexity index is 958. The van der Waals surface area contributed by atoms with Gasteiger partial charge in [-0.25, -0.2) is 0 Å². The van der Waals surface area contributed by atoms with Crippen molar-refractivity contribution in [3.8, 4) is 17.1 Å². The molecule has 114 valence electrons. The molecule has 0 aliphatic rings. The second kappa shape index (κ2) is 5.57. The Kier molecular flexibility index (Phi) is 3.27. The van der Waals surface area contributed by atoms with Gasteiger partial charge in [0, 0.05) is 10.9 Å². The molecule has 0 amide bonds. The van der Waals surface area contributed by atoms with Crippen LogP contribution in [0.25, 0.3) is 22.3 Å². The first-order valence-electron chi connectivity index (χ1n) is 7.21. The lowest BCUT2D eigenvalue weighted by Crippen LogP contribution is -2.01. The van der Waals surface area contributed by atoms with Crippen LogP contribution in [0.15, 0.2) is 59.3 Å². The molecule has 0 saturated heterocycles. The summed E-state index contributed by atoms with van der Waals surface area (Å²) in [5.41, 5.74) is 1.89. The molecule has 0 aliphatic heterocycles. The molecule has 0 spiro atoms. The zero-order valence-corrected chi connectivity index (χ0v) is 12.5. The normalized spacial score (nSPS) is 11.0. The molecule has 2 aromatic heterocycles. The molecule has 0 fully saturated rings. The van der Waals surface area contributed by atoms with E-state index in [-0.39, 0.29) is 0 Å². The number of rotatable bonds is 4. The van der Waals surface area contributed by atoms with Crippen LogP contribution in [0.3, 0.4) is 0 Å². The van der Waals surface area contributed by atoms with Gasteiger partial charge < -0.3 is 9.26 Å². The molecule has 0 atom stereocenters. The van der Waals surface area contributed by atoms with Crippen molar-refractivity contribution < 1.29 is 9.26 Å². The van der Waals surface area contributed by atoms with Gasteiger partial charge in [-0.05, 0) is 18.2 Å². The summed E-state index contributed by atoms with van der Waals surface area (Å²) in [5, 5.41) is 9.49. The van der Waals surface area contributed by atoms with Crippen molar-refractivity contribution in [3.05, 3.63) is 60.6 Å². The standard InChI is InChI=1S/C17H14N4O2/c1-22-14-7-4-6-12(9-14)17-19-16(23-20-17)11-21-15-8-3-2-5-13(15)10-18-21/h2-10H,11H2,1H3. The van der Waals surface area contributed by atoms with Crippen LogP contribution < -0.4 is 4.74 Å². The zero-order chi connectivity index (χ0) is 15.6. The Morgan fingerprint density at radius 2 is 2.04 bits per heavy atom. The van der Waals surface area contributed by atoms with Crippen molar-refractivity contribution in [3.63, 3.8) is 0 Å². The van der Waals surface area contributed by atoms with E-state index in [9.17, 15) is 0 Å². The molecule has 4 rings (SSSR count). The van der Waals surface area contributed by atoms with Gasteiger partial charge in [0.15, 0.2) is 0 Å². The molecule has 0 saturated carbocycles. The third kappa shape index (κ3) is 2.55. The maximum absolute atomic E-state index is 5.35. The summed E-state index contributed by atoms with van der Waals surface area (Å²) < 4.78 is 12.4. The summed E-state index contributed by atoms with van der Waals surface area (Å²) in [6, 6.07) is 15.6. The van der Waals surface area contributed by atoms with Crippen molar-refractivity contribution in [1.82, 2.24) is 19.9 Å². The van der Waals surface area contributed by atoms with Gasteiger partial charge in [0.2, 0.25) is 11.7 Å². The van der Waals surface area contributed by atoms with Crippen LogP contribution in [0.5, 0.6) is 5.75 Å². The highest BCUT2D eigenvalue weighted by molar-refractivity contribution is 5.78. The Balaban J connectivity index is 1.63. The first-order chi connectivity index (χ1) is 11.3. The number of hydrogen-bond acceptors (Lipinski definition) is 5. The van der Waals surface area contributed by atoms with Crippen molar-refractivity contribution >= 4 is 10.9 Å². The molecular weight excluding hydrogens is 292 g/mol. The average molecular weight is 306 g/mol. The van der Waals surface area contributed by atoms with E-state index in [4.69, 9.17) is 9.26 Å². The van der Waals surface area contributed by atoms with Gasteiger partial charge in [0.25, 0.3) is 0 Å². The lowest BCUT2D eigenvalue weighted by Gasteiger charge is -2.00. The van der Waals surface area contributed by atoms with E-state index in [0.717, 1.165) is 22.2 Å². The molecular formula is C17H14N4O2. The van der Waals surface area contributed by atoms with E-state index in [1.807, 2.05) is 59.4 Å². The SMILES string of the molecule is COc1cccc(-c2noc(Cn3ncc4ccccc43)n2)c1. The van der Waals surface area contributed by atoms with Crippen LogP contribution >= 0.6 is 0 Å². The van der Waals surface area contributed by atoms with Gasteiger partial charge >= 0.3 is 0 Å². The van der Waals surface area contributed by atoms with Crippen LogP contribution in [0.2, 0.25) is 0 Å². The van der Waals surface area contributed by atoms with Crippen molar-refractivity contribution in [1.29, 1.82) is 0 Å². The molecule has 0 radical (unpaired) electrons. The highest BCUT2D eigenvalue weighted by Crippen LogP contribution is 2.21. The lowest BCUT2D eigenvalue weighted by atomic mass is 10.2. The van der Waals surface area contributed by atoms with Gasteiger partial charge in [-0.15, -0.1) is 0 Å². The minimum absolute atomic E-state index is 0.435. The Morgan fingerprint density at radius 3 is 2.96 bits per heavy atom. The number of para-hydroxylation sites is 1. The van der Waals surface area contributed by atoms with Crippen LogP contribution in [0.4, 0.5) is 0 Å². The highest BCUT2D eigenvalue weighted by Gasteiger charge is 2.11. The largest absolute Gasteiger partial charge is 0.497 e. The Morgan fingerprint density at radius 1 is 1.13 bits per heavy atom. The van der Waals surface area contributed by atoms with Gasteiger partial charge in [-0.3, -0.25) is 4.68 Å². The van der Waals surface area contributed by atoms with Crippen molar-refractivity contribution in [2.24, 2.45) is 0 Å². The van der Waals surface area contributed by atoms with Crippen molar-refractivity contribution in [2.75, 3.05) is 7.11 Å². The second-order valence-corrected chi connectivity index (χ2v) is 5.10. The van der Waals surface area contributed by atoms with Gasteiger partial charge in [0.05, 0.1) is 18.8 Å². The second-order valence-electron chi connectivity index (χ2n) is 5.10. The fourth-order valence-corrected chi connectivity index (χ4v) is 2.48. The van der Waals surface area contributed by atoms with Crippen molar-refractivity contribution in [2.45, 2.75) is 6.54 Å². The predicted octanol–water partition coefficient (Wildman–Crippen LogP) is 3.14. The third-order valence-electron chi connectivity index (χ3n) is 3.63. The Labute approximate surface area is 132 Å². The molecule has 6 heteroatoms. The fraction of sp³-hybridized carbons (Fsp3) is 0.118. The molecule has 0 bridgehead atoms. The van der Waals surface area contributed by atoms with Gasteiger partial charge in [-0.2, -0.15) is 10.1 Å². The van der Waals surface area contributed by atoms with Crippen LogP contribution in [0.1, 0.15) is 5.89 Å². The Hall–Kier alpha value is -3.15. The molecule has 2 aromatic carbocycles. The van der Waals surface area contributed by atoms with Gasteiger partial charge in [0.1, 0.15) is 12.3 Å². The average Bonchev–Trinajstić information content (AvgIpc) is 3.23. The summed E-state index contributed by atoms with van der Waals surface area (Å²) in [7, 11) is 1.63. The topological polar surface area (TPSA) is 66.0 Å². The fourth-order valence-electron chi connectivity index (χ4n) is 2.48. The van der Waals surface area contributed by atoms with Crippen LogP contribution in [-0.4, -0.2) is 27.0 Å². The maximum atomic E-state index is 5.35. The maximum Gasteiger partial charge on any atom is 0.248 e. The molecule has 4 aromatic rings. The zero-order valence-electron chi connectivity index (χ0n) is 12.5. The first kappa shape index (κ1) is 13.5. The number of ether oxygens (including phenoxy) is 1. The minimum atomic E-state index is 0.435. The summed E-state index contributed by atoms with van der Waals surface area (Å²) >= 11 is 0. The monoisotopic (exact) mass is 306 g/mol. The third-order valence-corrected chi connectivity index (χ3v) is 3.63. The summed E-state index contributed by atoms with van der Waals surface area (Å²) in [5.74, 6) is 1.80. The molecule has 0 unspecified atom stereocenters. The predicted molar refractivity (Wildman–Crippen MR) is 85.1 cm³/mol. The molecule has 0 N–H and O–H groups in total. The summed E-state index contributed by atoms with van der Waals surface area (Å²) in [4.78, 5) is 4.44. The van der Waals surface area contributed by atoms with Crippen LogP contribution in [0, 0.1) is 0 Å². The number of methoxy groups -OCH3 is 1. The minimum Gasteiger partial charge on any atom is -0.497 e. The number of nitrogens with zero attached hydrogens (tertiary/aromatic N) is 4. The van der Waals surface area contributed by atoms with E-state index in [0.29, 0.717) is 18.3 Å². The molecule has 0 aliphatic carbocycles. The lowest BCUT2D eigenvalue weighted by molar-refractivity contribution is 0.368. The van der Waals surface area contributed by atoms with Crippen LogP contribution in [-0.2, 0) is 6.54 Å². The number of aromatic nitrogens is 4. The summed E-state index contributed by atoms with van der Waals surface area (Å²) in [6.45, 7) is 0.435.